The van der Waals surface area contributed by atoms with E-state index in [1.807, 2.05) is 0 Å². The first kappa shape index (κ1) is 22.3. The third-order valence-corrected chi connectivity index (χ3v) is 4.82. The molecule has 148 valence electrons. The van der Waals surface area contributed by atoms with E-state index in [1.54, 1.807) is 0 Å². The number of rotatable bonds is 14. The molecule has 4 heteroatoms. The summed E-state index contributed by atoms with van der Waals surface area (Å²) >= 11 is 0. The second kappa shape index (κ2) is 13.5. The Balaban J connectivity index is 2.04. The van der Waals surface area contributed by atoms with E-state index in [2.05, 4.69) is 13.8 Å². The molecular weight excluding hydrogens is 328 g/mol. The molecular formula is C22H36O4. The molecule has 0 saturated heterocycles. The summed E-state index contributed by atoms with van der Waals surface area (Å²) in [6.45, 7) is 4.43. The van der Waals surface area contributed by atoms with Gasteiger partial charge in [0.05, 0.1) is 0 Å². The minimum Gasteiger partial charge on any atom is -0.504 e. The van der Waals surface area contributed by atoms with E-state index >= 15 is 0 Å². The summed E-state index contributed by atoms with van der Waals surface area (Å²) in [5.74, 6) is -0.0281. The lowest BCUT2D eigenvalue weighted by Crippen LogP contribution is -2.09. The highest BCUT2D eigenvalue weighted by Gasteiger charge is 2.10. The molecule has 0 aliphatic rings. The van der Waals surface area contributed by atoms with E-state index in [-0.39, 0.29) is 23.2 Å². The predicted molar refractivity (Wildman–Crippen MR) is 106 cm³/mol. The van der Waals surface area contributed by atoms with Crippen molar-refractivity contribution in [3.8, 4) is 17.2 Å². The zero-order chi connectivity index (χ0) is 19.2. The number of carbonyl (C=O) groups excluding carboxylic acids is 1. The molecule has 26 heavy (non-hydrogen) atoms. The van der Waals surface area contributed by atoms with Crippen LogP contribution in [0.15, 0.2) is 18.2 Å². The number of carbonyl (C=O) groups is 1. The lowest BCUT2D eigenvalue weighted by Gasteiger charge is -2.11. The maximum atomic E-state index is 11.9. The van der Waals surface area contributed by atoms with Gasteiger partial charge in [0.25, 0.3) is 0 Å². The zero-order valence-electron chi connectivity index (χ0n) is 16.5. The van der Waals surface area contributed by atoms with Gasteiger partial charge in [0.15, 0.2) is 11.5 Å². The molecule has 2 N–H and O–H groups in total. The van der Waals surface area contributed by atoms with Gasteiger partial charge >= 0.3 is 5.97 Å². The highest BCUT2D eigenvalue weighted by atomic mass is 16.5. The van der Waals surface area contributed by atoms with E-state index in [0.717, 1.165) is 12.8 Å². The molecule has 1 rings (SSSR count). The van der Waals surface area contributed by atoms with Crippen LogP contribution in [0, 0.1) is 5.92 Å². The summed E-state index contributed by atoms with van der Waals surface area (Å²) in [7, 11) is 0. The van der Waals surface area contributed by atoms with Gasteiger partial charge in [-0.2, -0.15) is 0 Å². The van der Waals surface area contributed by atoms with Gasteiger partial charge in [-0.1, -0.05) is 78.1 Å². The second-order valence-electron chi connectivity index (χ2n) is 7.39. The lowest BCUT2D eigenvalue weighted by molar-refractivity contribution is -0.134. The number of hydrogen-bond acceptors (Lipinski definition) is 4. The van der Waals surface area contributed by atoms with Gasteiger partial charge in [0.1, 0.15) is 5.75 Å². The van der Waals surface area contributed by atoms with E-state index in [9.17, 15) is 15.0 Å². The van der Waals surface area contributed by atoms with Crippen molar-refractivity contribution in [2.75, 3.05) is 0 Å². The Morgan fingerprint density at radius 2 is 1.54 bits per heavy atom. The topological polar surface area (TPSA) is 66.8 Å². The van der Waals surface area contributed by atoms with Gasteiger partial charge in [-0.3, -0.25) is 4.79 Å². The number of benzene rings is 1. The van der Waals surface area contributed by atoms with Crippen LogP contribution in [-0.4, -0.2) is 16.2 Å². The van der Waals surface area contributed by atoms with Crippen molar-refractivity contribution in [1.29, 1.82) is 0 Å². The summed E-state index contributed by atoms with van der Waals surface area (Å²) in [5, 5.41) is 18.7. The van der Waals surface area contributed by atoms with Crippen LogP contribution in [-0.2, 0) is 4.79 Å². The molecule has 0 aliphatic carbocycles. The molecule has 0 aliphatic heterocycles. The minimum atomic E-state index is -0.297. The average molecular weight is 365 g/mol. The Hall–Kier alpha value is -1.71. The van der Waals surface area contributed by atoms with Crippen LogP contribution >= 0.6 is 0 Å². The van der Waals surface area contributed by atoms with Crippen LogP contribution in [0.25, 0.3) is 0 Å². The number of esters is 1. The molecule has 4 nitrogen and oxygen atoms in total. The average Bonchev–Trinajstić information content (AvgIpc) is 2.61. The van der Waals surface area contributed by atoms with Crippen LogP contribution < -0.4 is 4.74 Å². The molecule has 0 amide bonds. The fourth-order valence-corrected chi connectivity index (χ4v) is 3.06. The number of phenols is 2. The third kappa shape index (κ3) is 10.3. The summed E-state index contributed by atoms with van der Waals surface area (Å²) in [4.78, 5) is 11.9. The summed E-state index contributed by atoms with van der Waals surface area (Å²) in [6.07, 6.45) is 14.4. The maximum Gasteiger partial charge on any atom is 0.311 e. The lowest BCUT2D eigenvalue weighted by atomic mass is 9.97. The van der Waals surface area contributed by atoms with Crippen molar-refractivity contribution >= 4 is 5.97 Å². The van der Waals surface area contributed by atoms with Crippen LogP contribution in [0.1, 0.15) is 90.9 Å². The number of unbranched alkanes of at least 4 members (excludes halogenated alkanes) is 8. The van der Waals surface area contributed by atoms with Crippen molar-refractivity contribution in [2.24, 2.45) is 5.92 Å². The molecule has 0 heterocycles. The maximum absolute atomic E-state index is 11.9. The van der Waals surface area contributed by atoms with Crippen molar-refractivity contribution in [3.63, 3.8) is 0 Å². The zero-order valence-corrected chi connectivity index (χ0v) is 16.5. The second-order valence-corrected chi connectivity index (χ2v) is 7.39. The van der Waals surface area contributed by atoms with Gasteiger partial charge in [0, 0.05) is 12.5 Å². The van der Waals surface area contributed by atoms with Gasteiger partial charge < -0.3 is 14.9 Å². The SMILES string of the molecule is CCCCCCCCCCCC(C)CCC(=O)Oc1ccc(O)c(O)c1. The molecule has 0 radical (unpaired) electrons. The van der Waals surface area contributed by atoms with Gasteiger partial charge in [-0.15, -0.1) is 0 Å². The molecule has 0 spiro atoms. The normalized spacial score (nSPS) is 12.1. The number of aromatic hydroxyl groups is 2. The van der Waals surface area contributed by atoms with Crippen molar-refractivity contribution in [2.45, 2.75) is 90.9 Å². The first-order valence-corrected chi connectivity index (χ1v) is 10.3. The van der Waals surface area contributed by atoms with Crippen molar-refractivity contribution in [3.05, 3.63) is 18.2 Å². The fourth-order valence-electron chi connectivity index (χ4n) is 3.06. The third-order valence-electron chi connectivity index (χ3n) is 4.82. The largest absolute Gasteiger partial charge is 0.504 e. The van der Waals surface area contributed by atoms with E-state index in [1.165, 1.54) is 76.0 Å². The molecule has 1 unspecified atom stereocenters. The Morgan fingerprint density at radius 3 is 2.15 bits per heavy atom. The molecule has 0 aromatic heterocycles. The molecule has 1 aromatic rings. The summed E-state index contributed by atoms with van der Waals surface area (Å²) in [6, 6.07) is 4.03. The standard InChI is InChI=1S/C22H36O4/c1-3-4-5-6-7-8-9-10-11-12-18(2)13-16-22(25)26-19-14-15-20(23)21(24)17-19/h14-15,17-18,23-24H,3-13,16H2,1-2H3. The molecule has 0 fully saturated rings. The smallest absolute Gasteiger partial charge is 0.311 e. The van der Waals surface area contributed by atoms with Crippen LogP contribution in [0.2, 0.25) is 0 Å². The summed E-state index contributed by atoms with van der Waals surface area (Å²) < 4.78 is 5.19. The highest BCUT2D eigenvalue weighted by molar-refractivity contribution is 5.72. The van der Waals surface area contributed by atoms with E-state index in [0.29, 0.717) is 12.3 Å². The number of ether oxygens (including phenoxy) is 1. The quantitative estimate of drug-likeness (QED) is 0.175. The van der Waals surface area contributed by atoms with Gasteiger partial charge in [-0.05, 0) is 24.5 Å². The van der Waals surface area contributed by atoms with E-state index < -0.39 is 0 Å². The predicted octanol–water partition coefficient (Wildman–Crippen LogP) is 6.34. The minimum absolute atomic E-state index is 0.223. The number of phenolic OH excluding ortho intramolecular Hbond substituents is 2. The van der Waals surface area contributed by atoms with Gasteiger partial charge in [-0.25, -0.2) is 0 Å². The molecule has 0 bridgehead atoms. The number of hydrogen-bond donors (Lipinski definition) is 2. The van der Waals surface area contributed by atoms with Crippen molar-refractivity contribution < 1.29 is 19.7 Å². The van der Waals surface area contributed by atoms with Crippen LogP contribution in [0.3, 0.4) is 0 Å². The first-order chi connectivity index (χ1) is 12.5. The Morgan fingerprint density at radius 1 is 0.923 bits per heavy atom. The van der Waals surface area contributed by atoms with Crippen LogP contribution in [0.4, 0.5) is 0 Å². The summed E-state index contributed by atoms with van der Waals surface area (Å²) in [5.41, 5.74) is 0. The van der Waals surface area contributed by atoms with Gasteiger partial charge in [0.2, 0.25) is 0 Å². The molecule has 1 aromatic carbocycles. The monoisotopic (exact) mass is 364 g/mol. The molecule has 0 saturated carbocycles. The Bertz CT molecular complexity index is 513. The van der Waals surface area contributed by atoms with E-state index in [4.69, 9.17) is 4.74 Å². The Kier molecular flexibility index (Phi) is 11.6. The fraction of sp³-hybridized carbons (Fsp3) is 0.682. The van der Waals surface area contributed by atoms with Crippen LogP contribution in [0.5, 0.6) is 17.2 Å². The molecule has 1 atom stereocenters. The van der Waals surface area contributed by atoms with Crippen molar-refractivity contribution in [1.82, 2.24) is 0 Å². The first-order valence-electron chi connectivity index (χ1n) is 10.3. The highest BCUT2D eigenvalue weighted by Crippen LogP contribution is 2.29. The Labute approximate surface area is 158 Å².